The third-order valence-corrected chi connectivity index (χ3v) is 3.88. The molecular formula is C14H12N2O4S. The van der Waals surface area contributed by atoms with Crippen LogP contribution >= 0.6 is 11.8 Å². The number of hydrogen-bond donors (Lipinski definition) is 0. The molecule has 2 heterocycles. The van der Waals surface area contributed by atoms with E-state index in [1.54, 1.807) is 12.3 Å². The van der Waals surface area contributed by atoms with Gasteiger partial charge in [0.2, 0.25) is 0 Å². The summed E-state index contributed by atoms with van der Waals surface area (Å²) in [7, 11) is 0. The predicted octanol–water partition coefficient (Wildman–Crippen LogP) is 3.30. The van der Waals surface area contributed by atoms with E-state index in [0.717, 1.165) is 11.3 Å². The van der Waals surface area contributed by atoms with E-state index in [4.69, 9.17) is 9.47 Å². The molecule has 0 unspecified atom stereocenters. The standard InChI is InChI=1S/C14H12N2O4S/c17-16(18)11-3-1-6-15-14(11)21-10-4-5-12-13(9-10)20-8-2-7-19-12/h1,3-6,9H,2,7-8H2. The Morgan fingerprint density at radius 3 is 2.81 bits per heavy atom. The molecule has 0 bridgehead atoms. The summed E-state index contributed by atoms with van der Waals surface area (Å²) in [6.45, 7) is 1.23. The first-order valence-electron chi connectivity index (χ1n) is 6.41. The Hall–Kier alpha value is -2.28. The largest absolute Gasteiger partial charge is 0.490 e. The van der Waals surface area contributed by atoms with Gasteiger partial charge >= 0.3 is 5.69 Å². The van der Waals surface area contributed by atoms with Crippen molar-refractivity contribution in [3.05, 3.63) is 46.6 Å². The van der Waals surface area contributed by atoms with E-state index in [1.807, 2.05) is 18.2 Å². The van der Waals surface area contributed by atoms with Crippen molar-refractivity contribution >= 4 is 17.4 Å². The van der Waals surface area contributed by atoms with Gasteiger partial charge < -0.3 is 9.47 Å². The minimum atomic E-state index is -0.432. The second-order valence-electron chi connectivity index (χ2n) is 4.35. The zero-order chi connectivity index (χ0) is 14.7. The molecule has 0 aliphatic carbocycles. The third-order valence-electron chi connectivity index (χ3n) is 2.88. The zero-order valence-corrected chi connectivity index (χ0v) is 11.8. The first kappa shape index (κ1) is 13.7. The van der Waals surface area contributed by atoms with Crippen LogP contribution in [0.1, 0.15) is 6.42 Å². The van der Waals surface area contributed by atoms with E-state index in [0.29, 0.717) is 29.7 Å². The predicted molar refractivity (Wildman–Crippen MR) is 77.1 cm³/mol. The van der Waals surface area contributed by atoms with Gasteiger partial charge in [-0.25, -0.2) is 4.98 Å². The van der Waals surface area contributed by atoms with Gasteiger partial charge in [-0.05, 0) is 24.3 Å². The lowest BCUT2D eigenvalue weighted by molar-refractivity contribution is -0.388. The van der Waals surface area contributed by atoms with Crippen LogP contribution in [0.15, 0.2) is 46.5 Å². The molecule has 1 aliphatic rings. The zero-order valence-electron chi connectivity index (χ0n) is 11.0. The Morgan fingerprint density at radius 1 is 1.19 bits per heavy atom. The van der Waals surface area contributed by atoms with Gasteiger partial charge in [0.1, 0.15) is 0 Å². The minimum Gasteiger partial charge on any atom is -0.490 e. The number of rotatable bonds is 3. The molecule has 7 heteroatoms. The summed E-state index contributed by atoms with van der Waals surface area (Å²) in [6, 6.07) is 8.48. The van der Waals surface area contributed by atoms with Gasteiger partial charge in [-0.1, -0.05) is 11.8 Å². The Morgan fingerprint density at radius 2 is 2.00 bits per heavy atom. The molecule has 0 saturated carbocycles. The maximum Gasteiger partial charge on any atom is 0.301 e. The number of aromatic nitrogens is 1. The third kappa shape index (κ3) is 3.08. The number of benzene rings is 1. The number of fused-ring (bicyclic) bond motifs is 1. The van der Waals surface area contributed by atoms with Crippen LogP contribution in [0.3, 0.4) is 0 Å². The average molecular weight is 304 g/mol. The van der Waals surface area contributed by atoms with E-state index in [9.17, 15) is 10.1 Å². The van der Waals surface area contributed by atoms with Crippen LogP contribution in [0.2, 0.25) is 0 Å². The highest BCUT2D eigenvalue weighted by Gasteiger charge is 2.17. The van der Waals surface area contributed by atoms with Gasteiger partial charge in [0.25, 0.3) is 0 Å². The molecule has 0 spiro atoms. The number of hydrogen-bond acceptors (Lipinski definition) is 6. The highest BCUT2D eigenvalue weighted by atomic mass is 32.2. The Labute approximate surface area is 125 Å². The molecular weight excluding hydrogens is 292 g/mol. The maximum absolute atomic E-state index is 11.0. The van der Waals surface area contributed by atoms with Crippen molar-refractivity contribution in [2.45, 2.75) is 16.3 Å². The van der Waals surface area contributed by atoms with Crippen LogP contribution in [0, 0.1) is 10.1 Å². The molecule has 6 nitrogen and oxygen atoms in total. The Kier molecular flexibility index (Phi) is 3.92. The molecule has 0 saturated heterocycles. The molecule has 1 aliphatic heterocycles. The van der Waals surface area contributed by atoms with Gasteiger partial charge in [0, 0.05) is 23.6 Å². The van der Waals surface area contributed by atoms with Crippen molar-refractivity contribution in [2.24, 2.45) is 0 Å². The van der Waals surface area contributed by atoms with E-state index in [1.165, 1.54) is 17.8 Å². The summed E-state index contributed by atoms with van der Waals surface area (Å²) in [5.41, 5.74) is -0.00499. The van der Waals surface area contributed by atoms with Gasteiger partial charge in [-0.3, -0.25) is 10.1 Å². The molecule has 0 N–H and O–H groups in total. The van der Waals surface area contributed by atoms with E-state index in [2.05, 4.69) is 4.98 Å². The molecule has 21 heavy (non-hydrogen) atoms. The quantitative estimate of drug-likeness (QED) is 0.640. The smallest absolute Gasteiger partial charge is 0.301 e. The van der Waals surface area contributed by atoms with Crippen molar-refractivity contribution < 1.29 is 14.4 Å². The van der Waals surface area contributed by atoms with E-state index >= 15 is 0 Å². The van der Waals surface area contributed by atoms with Gasteiger partial charge in [0.15, 0.2) is 16.5 Å². The number of nitro groups is 1. The normalized spacial score (nSPS) is 13.5. The van der Waals surface area contributed by atoms with Crippen LogP contribution in [-0.2, 0) is 0 Å². The highest BCUT2D eigenvalue weighted by Crippen LogP contribution is 2.38. The molecule has 1 aromatic heterocycles. The van der Waals surface area contributed by atoms with Crippen molar-refractivity contribution in [1.29, 1.82) is 0 Å². The summed E-state index contributed by atoms with van der Waals surface area (Å²) in [5, 5.41) is 11.4. The van der Waals surface area contributed by atoms with Gasteiger partial charge in [-0.2, -0.15) is 0 Å². The Bertz CT molecular complexity index is 678. The van der Waals surface area contributed by atoms with Crippen LogP contribution in [0.25, 0.3) is 0 Å². The van der Waals surface area contributed by atoms with E-state index < -0.39 is 4.92 Å². The fraction of sp³-hybridized carbons (Fsp3) is 0.214. The molecule has 0 atom stereocenters. The second kappa shape index (κ2) is 6.01. The summed E-state index contributed by atoms with van der Waals surface area (Å²) >= 11 is 1.23. The molecule has 2 aromatic rings. The minimum absolute atomic E-state index is 0.00499. The lowest BCUT2D eigenvalue weighted by Crippen LogP contribution is -1.97. The van der Waals surface area contributed by atoms with E-state index in [-0.39, 0.29) is 5.69 Å². The Balaban J connectivity index is 1.89. The van der Waals surface area contributed by atoms with Crippen molar-refractivity contribution in [1.82, 2.24) is 4.98 Å². The summed E-state index contributed by atoms with van der Waals surface area (Å²) in [5.74, 6) is 1.36. The van der Waals surface area contributed by atoms with Crippen LogP contribution in [0.5, 0.6) is 11.5 Å². The van der Waals surface area contributed by atoms with Crippen LogP contribution in [0.4, 0.5) is 5.69 Å². The number of pyridine rings is 1. The van der Waals surface area contributed by atoms with Crippen molar-refractivity contribution in [3.8, 4) is 11.5 Å². The van der Waals surface area contributed by atoms with Crippen LogP contribution < -0.4 is 9.47 Å². The van der Waals surface area contributed by atoms with Crippen molar-refractivity contribution in [3.63, 3.8) is 0 Å². The molecule has 108 valence electrons. The summed E-state index contributed by atoms with van der Waals surface area (Å²) in [4.78, 5) is 15.5. The monoisotopic (exact) mass is 304 g/mol. The molecule has 1 aromatic carbocycles. The fourth-order valence-electron chi connectivity index (χ4n) is 1.92. The SMILES string of the molecule is O=[N+]([O-])c1cccnc1Sc1ccc2c(c1)OCCCO2. The summed E-state index contributed by atoms with van der Waals surface area (Å²) < 4.78 is 11.2. The van der Waals surface area contributed by atoms with Gasteiger partial charge in [-0.15, -0.1) is 0 Å². The molecule has 3 rings (SSSR count). The lowest BCUT2D eigenvalue weighted by atomic mass is 10.3. The number of nitrogens with zero attached hydrogens (tertiary/aromatic N) is 2. The number of ether oxygens (including phenoxy) is 2. The molecule has 0 amide bonds. The second-order valence-corrected chi connectivity index (χ2v) is 5.41. The molecule has 0 radical (unpaired) electrons. The summed E-state index contributed by atoms with van der Waals surface area (Å²) in [6.07, 6.45) is 2.38. The van der Waals surface area contributed by atoms with Crippen LogP contribution in [-0.4, -0.2) is 23.1 Å². The maximum atomic E-state index is 11.0. The highest BCUT2D eigenvalue weighted by molar-refractivity contribution is 7.99. The fourth-order valence-corrected chi connectivity index (χ4v) is 2.80. The van der Waals surface area contributed by atoms with Gasteiger partial charge in [0.05, 0.1) is 18.1 Å². The lowest BCUT2D eigenvalue weighted by Gasteiger charge is -2.08. The first-order chi connectivity index (χ1) is 10.2. The average Bonchev–Trinajstić information content (AvgIpc) is 2.72. The molecule has 0 fully saturated rings. The first-order valence-corrected chi connectivity index (χ1v) is 7.22. The van der Waals surface area contributed by atoms with Crippen molar-refractivity contribution in [2.75, 3.05) is 13.2 Å². The topological polar surface area (TPSA) is 74.5 Å².